The van der Waals surface area contributed by atoms with Crippen LogP contribution < -0.4 is 5.32 Å². The van der Waals surface area contributed by atoms with Gasteiger partial charge in [0.05, 0.1) is 6.61 Å². The van der Waals surface area contributed by atoms with Gasteiger partial charge in [0.25, 0.3) is 6.43 Å². The van der Waals surface area contributed by atoms with Gasteiger partial charge in [0.15, 0.2) is 5.17 Å². The van der Waals surface area contributed by atoms with Gasteiger partial charge in [0, 0.05) is 18.8 Å². The van der Waals surface area contributed by atoms with Crippen LogP contribution in [0.4, 0.5) is 8.78 Å². The van der Waals surface area contributed by atoms with Crippen LogP contribution in [0.25, 0.3) is 0 Å². The lowest BCUT2D eigenvalue weighted by Gasteiger charge is -2.38. The van der Waals surface area contributed by atoms with Crippen molar-refractivity contribution in [1.29, 1.82) is 0 Å². The van der Waals surface area contributed by atoms with Gasteiger partial charge < -0.3 is 10.1 Å². The van der Waals surface area contributed by atoms with E-state index in [1.165, 1.54) is 32.1 Å². The molecule has 1 N–H and O–H groups in total. The third-order valence-corrected chi connectivity index (χ3v) is 5.06. The van der Waals surface area contributed by atoms with E-state index in [0.717, 1.165) is 17.5 Å². The highest BCUT2D eigenvalue weighted by molar-refractivity contribution is 8.13. The second-order valence-electron chi connectivity index (χ2n) is 5.36. The van der Waals surface area contributed by atoms with E-state index in [4.69, 9.17) is 4.74 Å². The molecule has 0 aromatic heterocycles. The molecule has 0 aromatic rings. The molecule has 1 aliphatic heterocycles. The van der Waals surface area contributed by atoms with Crippen molar-refractivity contribution in [2.75, 3.05) is 32.1 Å². The van der Waals surface area contributed by atoms with Gasteiger partial charge in [-0.15, -0.1) is 0 Å². The predicted molar refractivity (Wildman–Crippen MR) is 75.1 cm³/mol. The molecule has 1 heterocycles. The zero-order valence-electron chi connectivity index (χ0n) is 11.2. The number of rotatable bonds is 5. The number of amidine groups is 1. The molecule has 1 fully saturated rings. The molecule has 2 rings (SSSR count). The minimum atomic E-state index is -2.38. The first-order valence-electron chi connectivity index (χ1n) is 6.97. The number of aliphatic imine (C=N–C) groups is 1. The molecule has 1 saturated carbocycles. The third kappa shape index (κ3) is 4.91. The summed E-state index contributed by atoms with van der Waals surface area (Å²) in [6, 6.07) is 0. The summed E-state index contributed by atoms with van der Waals surface area (Å²) in [7, 11) is 0. The maximum absolute atomic E-state index is 11.8. The average Bonchev–Trinajstić information content (AvgIpc) is 2.41. The van der Waals surface area contributed by atoms with Gasteiger partial charge in [-0.3, -0.25) is 4.99 Å². The number of hydrogen-bond acceptors (Lipinski definition) is 4. The topological polar surface area (TPSA) is 33.6 Å². The molecule has 1 aliphatic carbocycles. The molecule has 19 heavy (non-hydrogen) atoms. The molecule has 6 heteroatoms. The summed E-state index contributed by atoms with van der Waals surface area (Å²) in [5, 5.41) is 4.10. The molecule has 0 aromatic carbocycles. The zero-order valence-corrected chi connectivity index (χ0v) is 12.0. The van der Waals surface area contributed by atoms with Crippen LogP contribution in [0.3, 0.4) is 0 Å². The average molecular weight is 292 g/mol. The molecular weight excluding hydrogens is 270 g/mol. The van der Waals surface area contributed by atoms with Gasteiger partial charge in [-0.1, -0.05) is 31.0 Å². The number of nitrogens with one attached hydrogen (secondary N) is 1. The van der Waals surface area contributed by atoms with Crippen LogP contribution >= 0.6 is 11.8 Å². The van der Waals surface area contributed by atoms with Crippen molar-refractivity contribution in [3.05, 3.63) is 0 Å². The van der Waals surface area contributed by atoms with Crippen LogP contribution in [-0.4, -0.2) is 43.6 Å². The van der Waals surface area contributed by atoms with Gasteiger partial charge >= 0.3 is 0 Å². The first-order chi connectivity index (χ1) is 9.20. The lowest BCUT2D eigenvalue weighted by molar-refractivity contribution is 0.0197. The fourth-order valence-electron chi connectivity index (χ4n) is 2.67. The summed E-state index contributed by atoms with van der Waals surface area (Å²) in [5.74, 6) is 1.14. The Kier molecular flexibility index (Phi) is 5.88. The largest absolute Gasteiger partial charge is 0.374 e. The predicted octanol–water partition coefficient (Wildman–Crippen LogP) is 2.91. The number of alkyl halides is 2. The highest BCUT2D eigenvalue weighted by Crippen LogP contribution is 2.41. The van der Waals surface area contributed by atoms with Crippen LogP contribution in [0, 0.1) is 5.41 Å². The summed E-state index contributed by atoms with van der Waals surface area (Å²) in [5.41, 5.74) is 0.431. The normalized spacial score (nSPS) is 22.6. The van der Waals surface area contributed by atoms with Crippen molar-refractivity contribution in [2.45, 2.75) is 38.5 Å². The molecule has 2 aliphatic rings. The minimum absolute atomic E-state index is 0.301. The van der Waals surface area contributed by atoms with Crippen molar-refractivity contribution >= 4 is 16.9 Å². The van der Waals surface area contributed by atoms with Gasteiger partial charge in [0.1, 0.15) is 6.61 Å². The van der Waals surface area contributed by atoms with Crippen LogP contribution in [0.15, 0.2) is 4.99 Å². The van der Waals surface area contributed by atoms with E-state index in [1.54, 1.807) is 11.8 Å². The van der Waals surface area contributed by atoms with Crippen molar-refractivity contribution in [3.63, 3.8) is 0 Å². The molecule has 110 valence electrons. The van der Waals surface area contributed by atoms with E-state index in [0.29, 0.717) is 18.6 Å². The Morgan fingerprint density at radius 3 is 2.74 bits per heavy atom. The monoisotopic (exact) mass is 292 g/mol. The molecular formula is C13H22F2N2OS. The van der Waals surface area contributed by atoms with E-state index in [9.17, 15) is 8.78 Å². The number of halogens is 2. The lowest BCUT2D eigenvalue weighted by atomic mass is 9.75. The Labute approximate surface area is 117 Å². The molecule has 3 nitrogen and oxygen atoms in total. The highest BCUT2D eigenvalue weighted by atomic mass is 32.2. The van der Waals surface area contributed by atoms with E-state index in [2.05, 4.69) is 10.3 Å². The van der Waals surface area contributed by atoms with E-state index < -0.39 is 13.0 Å². The number of thioether (sulfide) groups is 1. The van der Waals surface area contributed by atoms with E-state index in [-0.39, 0.29) is 0 Å². The number of nitrogens with zero attached hydrogens (tertiary/aromatic N) is 1. The Morgan fingerprint density at radius 2 is 2.11 bits per heavy atom. The summed E-state index contributed by atoms with van der Waals surface area (Å²) < 4.78 is 28.5. The van der Waals surface area contributed by atoms with Gasteiger partial charge in [-0.25, -0.2) is 8.78 Å². The summed E-state index contributed by atoms with van der Waals surface area (Å²) >= 11 is 1.77. The van der Waals surface area contributed by atoms with Gasteiger partial charge in [-0.05, 0) is 18.3 Å². The quantitative estimate of drug-likeness (QED) is 0.791. The summed E-state index contributed by atoms with van der Waals surface area (Å²) in [6.45, 7) is 1.28. The van der Waals surface area contributed by atoms with Crippen molar-refractivity contribution in [1.82, 2.24) is 5.32 Å². The Hall–Kier alpha value is -0.360. The summed E-state index contributed by atoms with van der Waals surface area (Å²) in [6.07, 6.45) is 4.25. The first-order valence-corrected chi connectivity index (χ1v) is 7.96. The van der Waals surface area contributed by atoms with Crippen LogP contribution in [0.1, 0.15) is 32.1 Å². The van der Waals surface area contributed by atoms with Crippen molar-refractivity contribution in [2.24, 2.45) is 10.4 Å². The first kappa shape index (κ1) is 15.0. The zero-order chi connectivity index (χ0) is 13.6. The molecule has 0 bridgehead atoms. The van der Waals surface area contributed by atoms with Crippen molar-refractivity contribution in [3.8, 4) is 0 Å². The van der Waals surface area contributed by atoms with Crippen molar-refractivity contribution < 1.29 is 13.5 Å². The SMILES string of the molecule is FC(F)COCCNC1=NCC2(CCCCC2)CS1. The molecule has 0 atom stereocenters. The van der Waals surface area contributed by atoms with Gasteiger partial charge in [0.2, 0.25) is 0 Å². The lowest BCUT2D eigenvalue weighted by Crippen LogP contribution is -2.37. The second kappa shape index (κ2) is 7.43. The number of hydrogen-bond donors (Lipinski definition) is 1. The fourth-order valence-corrected chi connectivity index (χ4v) is 3.85. The standard InChI is InChI=1S/C13H22F2N2OS/c14-11(15)8-18-7-6-16-12-17-9-13(10-19-12)4-2-1-3-5-13/h11H,1-10H2,(H,16,17). The molecule has 0 saturated heterocycles. The van der Waals surface area contributed by atoms with Crippen LogP contribution in [0.2, 0.25) is 0 Å². The maximum atomic E-state index is 11.8. The maximum Gasteiger partial charge on any atom is 0.261 e. The highest BCUT2D eigenvalue weighted by Gasteiger charge is 2.34. The minimum Gasteiger partial charge on any atom is -0.374 e. The fraction of sp³-hybridized carbons (Fsp3) is 0.923. The second-order valence-corrected chi connectivity index (χ2v) is 6.33. The molecule has 0 radical (unpaired) electrons. The Morgan fingerprint density at radius 1 is 1.32 bits per heavy atom. The van der Waals surface area contributed by atoms with E-state index >= 15 is 0 Å². The van der Waals surface area contributed by atoms with Gasteiger partial charge in [-0.2, -0.15) is 0 Å². The molecule has 0 unspecified atom stereocenters. The number of ether oxygens (including phenoxy) is 1. The Bertz CT molecular complexity index is 307. The van der Waals surface area contributed by atoms with E-state index in [1.807, 2.05) is 0 Å². The van der Waals surface area contributed by atoms with Crippen LogP contribution in [-0.2, 0) is 4.74 Å². The van der Waals surface area contributed by atoms with Crippen LogP contribution in [0.5, 0.6) is 0 Å². The Balaban J connectivity index is 1.63. The smallest absolute Gasteiger partial charge is 0.261 e. The third-order valence-electron chi connectivity index (χ3n) is 3.75. The molecule has 0 amide bonds. The molecule has 1 spiro atoms. The summed E-state index contributed by atoms with van der Waals surface area (Å²) in [4.78, 5) is 4.60.